The minimum Gasteiger partial charge on any atom is -0.464 e. The van der Waals surface area contributed by atoms with Gasteiger partial charge in [0.25, 0.3) is 5.91 Å². The second kappa shape index (κ2) is 6.41. The molecule has 0 atom stereocenters. The van der Waals surface area contributed by atoms with E-state index in [0.29, 0.717) is 22.7 Å². The number of amides is 1. The van der Waals surface area contributed by atoms with Gasteiger partial charge in [-0.25, -0.2) is 4.98 Å². The number of benzene rings is 2. The van der Waals surface area contributed by atoms with Gasteiger partial charge in [0.05, 0.1) is 17.5 Å². The monoisotopic (exact) mass is 374 g/mol. The first-order valence-corrected chi connectivity index (χ1v) is 9.33. The number of carbonyl (C=O) groups is 1. The molecule has 0 aliphatic heterocycles. The van der Waals surface area contributed by atoms with E-state index < -0.39 is 0 Å². The smallest absolute Gasteiger partial charge is 0.261 e. The number of fused-ring (bicyclic) bond motifs is 2. The average molecular weight is 374 g/mol. The summed E-state index contributed by atoms with van der Waals surface area (Å²) in [6.07, 6.45) is 3.85. The van der Waals surface area contributed by atoms with Crippen LogP contribution in [0.3, 0.4) is 0 Å². The number of carbonyl (C=O) groups excluding carboxylic acids is 1. The van der Waals surface area contributed by atoms with Crippen LogP contribution < -0.4 is 5.32 Å². The molecule has 27 heavy (non-hydrogen) atoms. The van der Waals surface area contributed by atoms with Crippen molar-refractivity contribution >= 4 is 44.3 Å². The van der Waals surface area contributed by atoms with Gasteiger partial charge in [0.15, 0.2) is 5.13 Å². The lowest BCUT2D eigenvalue weighted by Crippen LogP contribution is -2.11. The van der Waals surface area contributed by atoms with Crippen LogP contribution >= 0.6 is 11.3 Å². The summed E-state index contributed by atoms with van der Waals surface area (Å²) in [4.78, 5) is 17.1. The number of hydrogen-bond donors (Lipinski definition) is 1. The minimum atomic E-state index is -0.224. The van der Waals surface area contributed by atoms with Gasteiger partial charge in [-0.1, -0.05) is 30.3 Å². The lowest BCUT2D eigenvalue weighted by molar-refractivity contribution is 0.102. The van der Waals surface area contributed by atoms with Crippen LogP contribution in [0.1, 0.15) is 21.6 Å². The summed E-state index contributed by atoms with van der Waals surface area (Å²) >= 11 is 1.41. The summed E-state index contributed by atoms with van der Waals surface area (Å²) in [7, 11) is 0. The molecule has 132 valence electrons. The third-order valence-electron chi connectivity index (χ3n) is 4.46. The Labute approximate surface area is 158 Å². The van der Waals surface area contributed by atoms with E-state index in [-0.39, 0.29) is 5.91 Å². The van der Waals surface area contributed by atoms with E-state index in [0.717, 1.165) is 27.6 Å². The second-order valence-electron chi connectivity index (χ2n) is 6.17. The number of rotatable bonds is 4. The van der Waals surface area contributed by atoms with Crippen LogP contribution in [0.5, 0.6) is 0 Å². The topological polar surface area (TPSA) is 68.3 Å². The molecule has 5 aromatic rings. The molecule has 1 amide bonds. The van der Waals surface area contributed by atoms with Gasteiger partial charge in [-0.05, 0) is 23.8 Å². The molecule has 6 heteroatoms. The second-order valence-corrected chi connectivity index (χ2v) is 7.03. The zero-order valence-corrected chi connectivity index (χ0v) is 15.0. The summed E-state index contributed by atoms with van der Waals surface area (Å²) in [6.45, 7) is 0. The molecule has 0 radical (unpaired) electrons. The predicted octanol–water partition coefficient (Wildman–Crippen LogP) is 5.48. The number of nitrogens with zero attached hydrogens (tertiary/aromatic N) is 1. The third-order valence-corrected chi connectivity index (χ3v) is 5.26. The van der Waals surface area contributed by atoms with Crippen molar-refractivity contribution in [2.45, 2.75) is 6.42 Å². The first-order valence-electron chi connectivity index (χ1n) is 8.45. The Hall–Kier alpha value is -3.38. The van der Waals surface area contributed by atoms with Crippen molar-refractivity contribution < 1.29 is 13.6 Å². The van der Waals surface area contributed by atoms with Crippen LogP contribution in [0.15, 0.2) is 75.3 Å². The lowest BCUT2D eigenvalue weighted by Gasteiger charge is -2.01. The van der Waals surface area contributed by atoms with E-state index in [9.17, 15) is 4.79 Å². The number of furan rings is 2. The quantitative estimate of drug-likeness (QED) is 0.452. The molecule has 2 aromatic carbocycles. The summed E-state index contributed by atoms with van der Waals surface area (Å²) in [6, 6.07) is 15.4. The fourth-order valence-corrected chi connectivity index (χ4v) is 3.88. The van der Waals surface area contributed by atoms with E-state index in [2.05, 4.69) is 16.4 Å². The summed E-state index contributed by atoms with van der Waals surface area (Å²) in [5, 5.41) is 7.27. The Morgan fingerprint density at radius 1 is 1.00 bits per heavy atom. The molecule has 1 N–H and O–H groups in total. The lowest BCUT2D eigenvalue weighted by atomic mass is 10.1. The molecule has 0 fully saturated rings. The molecule has 0 aliphatic carbocycles. The molecule has 3 heterocycles. The first kappa shape index (κ1) is 15.8. The maximum Gasteiger partial charge on any atom is 0.261 e. The van der Waals surface area contributed by atoms with Crippen molar-refractivity contribution in [3.63, 3.8) is 0 Å². The Kier molecular flexibility index (Phi) is 3.76. The van der Waals surface area contributed by atoms with E-state index in [1.54, 1.807) is 6.26 Å². The minimum absolute atomic E-state index is 0.224. The van der Waals surface area contributed by atoms with Gasteiger partial charge in [-0.15, -0.1) is 11.3 Å². The van der Waals surface area contributed by atoms with Gasteiger partial charge in [0, 0.05) is 22.6 Å². The van der Waals surface area contributed by atoms with Crippen molar-refractivity contribution in [1.82, 2.24) is 4.98 Å². The Bertz CT molecular complexity index is 1260. The molecule has 0 saturated heterocycles. The molecule has 5 rings (SSSR count). The van der Waals surface area contributed by atoms with Crippen LogP contribution in [-0.2, 0) is 6.42 Å². The number of anilines is 1. The molecule has 0 saturated carbocycles. The maximum atomic E-state index is 12.6. The highest BCUT2D eigenvalue weighted by molar-refractivity contribution is 7.14. The number of aromatic nitrogens is 1. The van der Waals surface area contributed by atoms with Crippen LogP contribution in [-0.4, -0.2) is 10.9 Å². The normalized spacial score (nSPS) is 11.3. The van der Waals surface area contributed by atoms with Crippen molar-refractivity contribution in [1.29, 1.82) is 0 Å². The van der Waals surface area contributed by atoms with Gasteiger partial charge >= 0.3 is 0 Å². The molecule has 0 aliphatic rings. The number of nitrogens with one attached hydrogen (secondary N) is 1. The largest absolute Gasteiger partial charge is 0.464 e. The standard InChI is InChI=1S/C21H14N2O3S/c24-20(17-11-26-19-6-2-1-5-16(17)19)23-21-22-14(12-27-21)10-13-4-3-7-18-15(13)8-9-25-18/h1-9,11-12H,10H2,(H,22,23,24). The van der Waals surface area contributed by atoms with Gasteiger partial charge in [0.1, 0.15) is 17.4 Å². The van der Waals surface area contributed by atoms with Crippen molar-refractivity contribution in [2.75, 3.05) is 5.32 Å². The molecular formula is C21H14N2O3S. The molecule has 5 nitrogen and oxygen atoms in total. The van der Waals surface area contributed by atoms with Crippen LogP contribution in [0.25, 0.3) is 21.9 Å². The van der Waals surface area contributed by atoms with Crippen LogP contribution in [0, 0.1) is 0 Å². The maximum absolute atomic E-state index is 12.6. The fourth-order valence-electron chi connectivity index (χ4n) is 3.17. The number of thiazole rings is 1. The van der Waals surface area contributed by atoms with Gasteiger partial charge in [-0.3, -0.25) is 10.1 Å². The highest BCUT2D eigenvalue weighted by Crippen LogP contribution is 2.26. The Balaban J connectivity index is 1.36. The highest BCUT2D eigenvalue weighted by atomic mass is 32.1. The van der Waals surface area contributed by atoms with E-state index in [1.807, 2.05) is 47.8 Å². The SMILES string of the molecule is O=C(Nc1nc(Cc2cccc3occc23)cs1)c1coc2ccccc12. The molecule has 0 bridgehead atoms. The predicted molar refractivity (Wildman–Crippen MR) is 105 cm³/mol. The van der Waals surface area contributed by atoms with Gasteiger partial charge in [0.2, 0.25) is 0 Å². The molecule has 0 spiro atoms. The van der Waals surface area contributed by atoms with E-state index >= 15 is 0 Å². The fraction of sp³-hybridized carbons (Fsp3) is 0.0476. The number of hydrogen-bond acceptors (Lipinski definition) is 5. The Morgan fingerprint density at radius 2 is 1.85 bits per heavy atom. The first-order chi connectivity index (χ1) is 13.3. The van der Waals surface area contributed by atoms with Crippen LogP contribution in [0.2, 0.25) is 0 Å². The van der Waals surface area contributed by atoms with E-state index in [1.165, 1.54) is 17.6 Å². The third kappa shape index (κ3) is 2.90. The van der Waals surface area contributed by atoms with Crippen molar-refractivity contribution in [3.8, 4) is 0 Å². The average Bonchev–Trinajstić information content (AvgIpc) is 3.41. The van der Waals surface area contributed by atoms with Crippen LogP contribution in [0.4, 0.5) is 5.13 Å². The zero-order valence-electron chi connectivity index (χ0n) is 14.1. The zero-order chi connectivity index (χ0) is 18.2. The van der Waals surface area contributed by atoms with Gasteiger partial charge in [-0.2, -0.15) is 0 Å². The molecule has 3 aromatic heterocycles. The van der Waals surface area contributed by atoms with E-state index in [4.69, 9.17) is 8.83 Å². The Morgan fingerprint density at radius 3 is 2.81 bits per heavy atom. The molecular weight excluding hydrogens is 360 g/mol. The molecule has 0 unspecified atom stereocenters. The summed E-state index contributed by atoms with van der Waals surface area (Å²) in [5.41, 5.74) is 4.11. The summed E-state index contributed by atoms with van der Waals surface area (Å²) < 4.78 is 10.9. The van der Waals surface area contributed by atoms with Gasteiger partial charge < -0.3 is 8.83 Å². The van der Waals surface area contributed by atoms with Crippen molar-refractivity contribution in [3.05, 3.63) is 83.3 Å². The summed E-state index contributed by atoms with van der Waals surface area (Å²) in [5.74, 6) is -0.224. The highest BCUT2D eigenvalue weighted by Gasteiger charge is 2.15. The number of para-hydroxylation sites is 1. The van der Waals surface area contributed by atoms with Crippen molar-refractivity contribution in [2.24, 2.45) is 0 Å².